The Hall–Kier alpha value is -1.84. The van der Waals surface area contributed by atoms with Crippen molar-refractivity contribution in [2.24, 2.45) is 0 Å². The van der Waals surface area contributed by atoms with Crippen LogP contribution in [0.1, 0.15) is 17.2 Å². The summed E-state index contributed by atoms with van der Waals surface area (Å²) >= 11 is 5.95. The van der Waals surface area contributed by atoms with Gasteiger partial charge in [0.15, 0.2) is 0 Å². The van der Waals surface area contributed by atoms with Crippen molar-refractivity contribution in [2.75, 3.05) is 7.05 Å². The van der Waals surface area contributed by atoms with Crippen molar-refractivity contribution in [3.63, 3.8) is 0 Å². The monoisotopic (exact) mass is 289 g/mol. The Labute approximate surface area is 123 Å². The van der Waals surface area contributed by atoms with E-state index in [0.717, 1.165) is 11.1 Å². The van der Waals surface area contributed by atoms with Crippen LogP contribution in [0, 0.1) is 0 Å². The molecule has 0 radical (unpaired) electrons. The number of likely N-dealkylation sites (N-methyl/N-ethyl adjacent to an activating group) is 1. The van der Waals surface area contributed by atoms with Gasteiger partial charge in [-0.05, 0) is 30.3 Å². The first-order valence-electron chi connectivity index (χ1n) is 6.30. The average Bonchev–Trinajstić information content (AvgIpc) is 2.39. The van der Waals surface area contributed by atoms with E-state index in [1.165, 1.54) is 0 Å². The van der Waals surface area contributed by atoms with Gasteiger partial charge < -0.3 is 5.11 Å². The van der Waals surface area contributed by atoms with E-state index in [9.17, 15) is 9.90 Å². The molecule has 0 saturated heterocycles. The molecule has 0 aromatic heterocycles. The second-order valence-electron chi connectivity index (χ2n) is 4.70. The van der Waals surface area contributed by atoms with Crippen LogP contribution in [0.25, 0.3) is 0 Å². The molecule has 0 aliphatic carbocycles. The predicted molar refractivity (Wildman–Crippen MR) is 79.7 cm³/mol. The lowest BCUT2D eigenvalue weighted by molar-refractivity contribution is -0.143. The van der Waals surface area contributed by atoms with Gasteiger partial charge in [-0.2, -0.15) is 0 Å². The van der Waals surface area contributed by atoms with Crippen molar-refractivity contribution in [1.82, 2.24) is 4.90 Å². The van der Waals surface area contributed by atoms with E-state index in [1.807, 2.05) is 48.5 Å². The van der Waals surface area contributed by atoms with E-state index in [1.54, 1.807) is 18.0 Å². The highest BCUT2D eigenvalue weighted by Crippen LogP contribution is 2.22. The van der Waals surface area contributed by atoms with Crippen molar-refractivity contribution in [1.29, 1.82) is 0 Å². The van der Waals surface area contributed by atoms with Crippen LogP contribution in [0.2, 0.25) is 5.02 Å². The highest BCUT2D eigenvalue weighted by molar-refractivity contribution is 6.30. The fraction of sp³-hybridized carbons (Fsp3) is 0.188. The summed E-state index contributed by atoms with van der Waals surface area (Å²) in [4.78, 5) is 13.3. The smallest absolute Gasteiger partial charge is 0.325 e. The molecule has 4 heteroatoms. The molecule has 2 aromatic carbocycles. The van der Waals surface area contributed by atoms with Gasteiger partial charge in [0.25, 0.3) is 0 Å². The zero-order valence-corrected chi connectivity index (χ0v) is 11.9. The summed E-state index contributed by atoms with van der Waals surface area (Å²) in [5.41, 5.74) is 1.76. The molecule has 1 atom stereocenters. The van der Waals surface area contributed by atoms with Gasteiger partial charge in [0, 0.05) is 11.6 Å². The molecule has 104 valence electrons. The Bertz CT molecular complexity index is 586. The van der Waals surface area contributed by atoms with Gasteiger partial charge in [-0.25, -0.2) is 0 Å². The number of carboxylic acids is 1. The largest absolute Gasteiger partial charge is 0.480 e. The molecule has 0 spiro atoms. The van der Waals surface area contributed by atoms with Crippen molar-refractivity contribution < 1.29 is 9.90 Å². The Balaban J connectivity index is 2.20. The molecule has 1 N–H and O–H groups in total. The van der Waals surface area contributed by atoms with Crippen LogP contribution in [0.5, 0.6) is 0 Å². The Morgan fingerprint density at radius 1 is 1.20 bits per heavy atom. The SMILES string of the molecule is CN(Cc1cccc(Cl)c1)C(C(=O)O)c1ccccc1. The number of aliphatic carboxylic acids is 1. The number of nitrogens with zero attached hydrogens (tertiary/aromatic N) is 1. The van der Waals surface area contributed by atoms with Gasteiger partial charge in [0.2, 0.25) is 0 Å². The summed E-state index contributed by atoms with van der Waals surface area (Å²) in [7, 11) is 1.80. The van der Waals surface area contributed by atoms with Crippen LogP contribution in [0.3, 0.4) is 0 Å². The molecule has 1 unspecified atom stereocenters. The molecular weight excluding hydrogens is 274 g/mol. The molecule has 0 bridgehead atoms. The van der Waals surface area contributed by atoms with Crippen molar-refractivity contribution in [3.05, 3.63) is 70.7 Å². The molecule has 0 fully saturated rings. The van der Waals surface area contributed by atoms with E-state index < -0.39 is 12.0 Å². The van der Waals surface area contributed by atoms with E-state index in [0.29, 0.717) is 11.6 Å². The van der Waals surface area contributed by atoms with E-state index in [4.69, 9.17) is 11.6 Å². The Morgan fingerprint density at radius 2 is 1.90 bits per heavy atom. The molecular formula is C16H16ClNO2. The first-order chi connectivity index (χ1) is 9.58. The Kier molecular flexibility index (Phi) is 4.77. The molecule has 0 amide bonds. The van der Waals surface area contributed by atoms with Gasteiger partial charge in [-0.1, -0.05) is 54.1 Å². The fourth-order valence-electron chi connectivity index (χ4n) is 2.24. The van der Waals surface area contributed by atoms with Gasteiger partial charge >= 0.3 is 5.97 Å². The maximum atomic E-state index is 11.5. The van der Waals surface area contributed by atoms with Gasteiger partial charge in [0.1, 0.15) is 6.04 Å². The zero-order valence-electron chi connectivity index (χ0n) is 11.2. The Morgan fingerprint density at radius 3 is 2.50 bits per heavy atom. The van der Waals surface area contributed by atoms with Gasteiger partial charge in [-0.15, -0.1) is 0 Å². The van der Waals surface area contributed by atoms with Crippen LogP contribution < -0.4 is 0 Å². The highest BCUT2D eigenvalue weighted by Gasteiger charge is 2.24. The van der Waals surface area contributed by atoms with Crippen LogP contribution in [0.15, 0.2) is 54.6 Å². The third kappa shape index (κ3) is 3.59. The summed E-state index contributed by atoms with van der Waals surface area (Å²) < 4.78 is 0. The summed E-state index contributed by atoms with van der Waals surface area (Å²) in [6, 6.07) is 16.0. The standard InChI is InChI=1S/C16H16ClNO2/c1-18(11-12-6-5-9-14(17)10-12)15(16(19)20)13-7-3-2-4-8-13/h2-10,15H,11H2,1H3,(H,19,20). The van der Waals surface area contributed by atoms with Crippen molar-refractivity contribution in [3.8, 4) is 0 Å². The van der Waals surface area contributed by atoms with Gasteiger partial charge in [-0.3, -0.25) is 9.69 Å². The normalized spacial score (nSPS) is 12.3. The molecule has 0 aliphatic rings. The number of carbonyl (C=O) groups is 1. The van der Waals surface area contributed by atoms with Crippen molar-refractivity contribution in [2.45, 2.75) is 12.6 Å². The van der Waals surface area contributed by atoms with Crippen molar-refractivity contribution >= 4 is 17.6 Å². The summed E-state index contributed by atoms with van der Waals surface area (Å²) in [6.07, 6.45) is 0. The minimum atomic E-state index is -0.860. The lowest BCUT2D eigenvalue weighted by Crippen LogP contribution is -2.30. The first-order valence-corrected chi connectivity index (χ1v) is 6.68. The second kappa shape index (κ2) is 6.55. The number of rotatable bonds is 5. The maximum Gasteiger partial charge on any atom is 0.325 e. The molecule has 2 rings (SSSR count). The molecule has 3 nitrogen and oxygen atoms in total. The topological polar surface area (TPSA) is 40.5 Å². The third-order valence-corrected chi connectivity index (χ3v) is 3.35. The highest BCUT2D eigenvalue weighted by atomic mass is 35.5. The van der Waals surface area contributed by atoms with Crippen LogP contribution in [-0.4, -0.2) is 23.0 Å². The van der Waals surface area contributed by atoms with Crippen LogP contribution >= 0.6 is 11.6 Å². The molecule has 0 saturated carbocycles. The average molecular weight is 290 g/mol. The van der Waals surface area contributed by atoms with E-state index in [-0.39, 0.29) is 0 Å². The van der Waals surface area contributed by atoms with Gasteiger partial charge in [0.05, 0.1) is 0 Å². The fourth-order valence-corrected chi connectivity index (χ4v) is 2.45. The first kappa shape index (κ1) is 14.6. The summed E-state index contributed by atoms with van der Waals surface area (Å²) in [6.45, 7) is 0.520. The van der Waals surface area contributed by atoms with E-state index >= 15 is 0 Å². The minimum Gasteiger partial charge on any atom is -0.480 e. The number of hydrogen-bond acceptors (Lipinski definition) is 2. The number of hydrogen-bond donors (Lipinski definition) is 1. The maximum absolute atomic E-state index is 11.5. The number of benzene rings is 2. The lowest BCUT2D eigenvalue weighted by Gasteiger charge is -2.25. The zero-order chi connectivity index (χ0) is 14.5. The second-order valence-corrected chi connectivity index (χ2v) is 5.13. The summed E-state index contributed by atoms with van der Waals surface area (Å²) in [5.74, 6) is -0.860. The number of halogens is 1. The van der Waals surface area contributed by atoms with E-state index in [2.05, 4.69) is 0 Å². The number of carboxylic acid groups (broad SMARTS) is 1. The predicted octanol–water partition coefficient (Wildman–Crippen LogP) is 3.60. The minimum absolute atomic E-state index is 0.520. The van der Waals surface area contributed by atoms with Crippen LogP contribution in [0.4, 0.5) is 0 Å². The molecule has 2 aromatic rings. The quantitative estimate of drug-likeness (QED) is 0.914. The molecule has 0 aliphatic heterocycles. The van der Waals surface area contributed by atoms with Crippen LogP contribution in [-0.2, 0) is 11.3 Å². The third-order valence-electron chi connectivity index (χ3n) is 3.11. The molecule has 20 heavy (non-hydrogen) atoms. The summed E-state index contributed by atoms with van der Waals surface area (Å²) in [5, 5.41) is 10.1. The lowest BCUT2D eigenvalue weighted by atomic mass is 10.1. The molecule has 0 heterocycles.